The van der Waals surface area contributed by atoms with Crippen molar-refractivity contribution in [2.45, 2.75) is 26.4 Å². The molecule has 0 radical (unpaired) electrons. The van der Waals surface area contributed by atoms with Crippen molar-refractivity contribution in [1.29, 1.82) is 0 Å². The van der Waals surface area contributed by atoms with Crippen LogP contribution in [0.1, 0.15) is 36.1 Å². The standard InChI is InChI=1S/C27H30N4O2/c1-5-30-25(28-24-13-9-8-12-23(24)27(30)33)19(2)31(17-16-29(3)4)26(32)22-15-14-20-10-6-7-11-21(20)18-22/h6-15,18-19H,5,16-17H2,1-4H3. The fourth-order valence-electron chi connectivity index (χ4n) is 4.22. The van der Waals surface area contributed by atoms with Gasteiger partial charge >= 0.3 is 0 Å². The van der Waals surface area contributed by atoms with Gasteiger partial charge in [0.25, 0.3) is 11.5 Å². The molecule has 0 fully saturated rings. The highest BCUT2D eigenvalue weighted by Gasteiger charge is 2.27. The third kappa shape index (κ3) is 4.52. The summed E-state index contributed by atoms with van der Waals surface area (Å²) >= 11 is 0. The predicted octanol–water partition coefficient (Wildman–Crippen LogP) is 4.33. The number of likely N-dealkylation sites (N-methyl/N-ethyl adjacent to an activating group) is 1. The van der Waals surface area contributed by atoms with Crippen LogP contribution in [-0.4, -0.2) is 52.4 Å². The molecule has 1 unspecified atom stereocenters. The minimum atomic E-state index is -0.374. The van der Waals surface area contributed by atoms with E-state index < -0.39 is 0 Å². The third-order valence-electron chi connectivity index (χ3n) is 6.09. The maximum Gasteiger partial charge on any atom is 0.261 e. The molecule has 170 valence electrons. The van der Waals surface area contributed by atoms with E-state index in [-0.39, 0.29) is 17.5 Å². The molecular formula is C27H30N4O2. The second-order valence-electron chi connectivity index (χ2n) is 8.58. The van der Waals surface area contributed by atoms with Crippen molar-refractivity contribution in [2.24, 2.45) is 0 Å². The van der Waals surface area contributed by atoms with Crippen LogP contribution in [0.4, 0.5) is 0 Å². The van der Waals surface area contributed by atoms with Crippen molar-refractivity contribution >= 4 is 27.6 Å². The molecule has 4 aromatic rings. The summed E-state index contributed by atoms with van der Waals surface area (Å²) < 4.78 is 1.68. The highest BCUT2D eigenvalue weighted by Crippen LogP contribution is 2.24. The Morgan fingerprint density at radius 1 is 0.970 bits per heavy atom. The monoisotopic (exact) mass is 442 g/mol. The Kier molecular flexibility index (Phi) is 6.56. The lowest BCUT2D eigenvalue weighted by molar-refractivity contribution is 0.0665. The lowest BCUT2D eigenvalue weighted by atomic mass is 10.1. The minimum absolute atomic E-state index is 0.0693. The van der Waals surface area contributed by atoms with Gasteiger partial charge in [-0.15, -0.1) is 0 Å². The van der Waals surface area contributed by atoms with Crippen molar-refractivity contribution in [1.82, 2.24) is 19.4 Å². The first-order valence-electron chi connectivity index (χ1n) is 11.3. The summed E-state index contributed by atoms with van der Waals surface area (Å²) in [5, 5.41) is 2.71. The molecule has 0 aliphatic rings. The van der Waals surface area contributed by atoms with Crippen LogP contribution in [0.3, 0.4) is 0 Å². The van der Waals surface area contributed by atoms with E-state index in [9.17, 15) is 9.59 Å². The summed E-state index contributed by atoms with van der Waals surface area (Å²) in [6, 6.07) is 20.8. The van der Waals surface area contributed by atoms with Gasteiger partial charge < -0.3 is 9.80 Å². The summed E-state index contributed by atoms with van der Waals surface area (Å²) in [5.41, 5.74) is 1.21. The van der Waals surface area contributed by atoms with Crippen LogP contribution in [0.5, 0.6) is 0 Å². The maximum atomic E-state index is 13.8. The molecule has 0 saturated heterocycles. The number of nitrogens with zero attached hydrogens (tertiary/aromatic N) is 4. The van der Waals surface area contributed by atoms with Crippen LogP contribution < -0.4 is 5.56 Å². The molecule has 1 amide bonds. The lowest BCUT2D eigenvalue weighted by Crippen LogP contribution is -2.41. The molecule has 1 aromatic heterocycles. The molecule has 4 rings (SSSR count). The number of fused-ring (bicyclic) bond motifs is 2. The van der Waals surface area contributed by atoms with Gasteiger partial charge in [0.1, 0.15) is 5.82 Å². The van der Waals surface area contributed by atoms with Crippen LogP contribution in [0.2, 0.25) is 0 Å². The van der Waals surface area contributed by atoms with Crippen molar-refractivity contribution < 1.29 is 4.79 Å². The zero-order valence-electron chi connectivity index (χ0n) is 19.7. The van der Waals surface area contributed by atoms with Crippen LogP contribution in [-0.2, 0) is 6.54 Å². The van der Waals surface area contributed by atoms with Gasteiger partial charge in [-0.1, -0.05) is 42.5 Å². The van der Waals surface area contributed by atoms with E-state index in [4.69, 9.17) is 4.98 Å². The van der Waals surface area contributed by atoms with E-state index in [0.29, 0.717) is 41.9 Å². The molecule has 0 bridgehead atoms. The summed E-state index contributed by atoms with van der Waals surface area (Å²) in [6.07, 6.45) is 0. The summed E-state index contributed by atoms with van der Waals surface area (Å²) in [6.45, 7) is 5.60. The molecule has 0 aliphatic heterocycles. The second kappa shape index (κ2) is 9.55. The molecule has 3 aromatic carbocycles. The van der Waals surface area contributed by atoms with Crippen LogP contribution in [0.15, 0.2) is 71.5 Å². The van der Waals surface area contributed by atoms with Crippen molar-refractivity contribution in [3.8, 4) is 0 Å². The Morgan fingerprint density at radius 2 is 1.67 bits per heavy atom. The van der Waals surface area contributed by atoms with Gasteiger partial charge in [0, 0.05) is 25.2 Å². The maximum absolute atomic E-state index is 13.8. The molecule has 33 heavy (non-hydrogen) atoms. The van der Waals surface area contributed by atoms with E-state index >= 15 is 0 Å². The first kappa shape index (κ1) is 22.7. The number of para-hydroxylation sites is 1. The molecule has 6 heteroatoms. The first-order valence-corrected chi connectivity index (χ1v) is 11.3. The molecule has 1 atom stereocenters. The Hall–Kier alpha value is -3.51. The van der Waals surface area contributed by atoms with Gasteiger partial charge in [-0.2, -0.15) is 0 Å². The number of aromatic nitrogens is 2. The van der Waals surface area contributed by atoms with E-state index in [1.54, 1.807) is 10.6 Å². The first-order chi connectivity index (χ1) is 15.9. The van der Waals surface area contributed by atoms with Gasteiger partial charge in [0.2, 0.25) is 0 Å². The SMILES string of the molecule is CCn1c(C(C)N(CCN(C)C)C(=O)c2ccc3ccccc3c2)nc2ccccc2c1=O. The van der Waals surface area contributed by atoms with Crippen molar-refractivity contribution in [3.05, 3.63) is 88.5 Å². The number of amides is 1. The summed E-state index contributed by atoms with van der Waals surface area (Å²) in [7, 11) is 3.97. The number of hydrogen-bond donors (Lipinski definition) is 0. The molecular weight excluding hydrogens is 412 g/mol. The number of rotatable bonds is 7. The van der Waals surface area contributed by atoms with Crippen molar-refractivity contribution in [2.75, 3.05) is 27.2 Å². The number of hydrogen-bond acceptors (Lipinski definition) is 4. The Bertz CT molecular complexity index is 1360. The van der Waals surface area contributed by atoms with Gasteiger partial charge in [-0.05, 0) is 63.0 Å². The van der Waals surface area contributed by atoms with Gasteiger partial charge in [0.15, 0.2) is 0 Å². The number of carbonyl (C=O) groups excluding carboxylic acids is 1. The minimum Gasteiger partial charge on any atom is -0.327 e. The summed E-state index contributed by atoms with van der Waals surface area (Å²) in [5.74, 6) is 0.536. The zero-order valence-corrected chi connectivity index (χ0v) is 19.7. The van der Waals surface area contributed by atoms with Crippen LogP contribution >= 0.6 is 0 Å². The fourth-order valence-corrected chi connectivity index (χ4v) is 4.22. The molecule has 0 saturated carbocycles. The van der Waals surface area contributed by atoms with Gasteiger partial charge in [-0.3, -0.25) is 14.2 Å². The van der Waals surface area contributed by atoms with Crippen molar-refractivity contribution in [3.63, 3.8) is 0 Å². The van der Waals surface area contributed by atoms with Gasteiger partial charge in [-0.25, -0.2) is 4.98 Å². The van der Waals surface area contributed by atoms with Gasteiger partial charge in [0.05, 0.1) is 16.9 Å². The molecule has 0 spiro atoms. The largest absolute Gasteiger partial charge is 0.327 e. The van der Waals surface area contributed by atoms with E-state index in [2.05, 4.69) is 0 Å². The smallest absolute Gasteiger partial charge is 0.261 e. The molecule has 1 heterocycles. The highest BCUT2D eigenvalue weighted by atomic mass is 16.2. The summed E-state index contributed by atoms with van der Waals surface area (Å²) in [4.78, 5) is 35.6. The topological polar surface area (TPSA) is 58.4 Å². The fraction of sp³-hybridized carbons (Fsp3) is 0.296. The van der Waals surface area contributed by atoms with E-state index in [0.717, 1.165) is 10.8 Å². The number of benzene rings is 3. The zero-order chi connectivity index (χ0) is 23.5. The predicted molar refractivity (Wildman–Crippen MR) is 134 cm³/mol. The highest BCUT2D eigenvalue weighted by molar-refractivity contribution is 5.98. The Morgan fingerprint density at radius 3 is 2.39 bits per heavy atom. The lowest BCUT2D eigenvalue weighted by Gasteiger charge is -2.31. The normalized spacial score (nSPS) is 12.4. The second-order valence-corrected chi connectivity index (χ2v) is 8.58. The van der Waals surface area contributed by atoms with E-state index in [1.807, 2.05) is 98.4 Å². The number of carbonyl (C=O) groups is 1. The van der Waals surface area contributed by atoms with Crippen LogP contribution in [0.25, 0.3) is 21.7 Å². The average Bonchev–Trinajstić information content (AvgIpc) is 2.83. The van der Waals surface area contributed by atoms with Crippen LogP contribution in [0, 0.1) is 0 Å². The van der Waals surface area contributed by atoms with E-state index in [1.165, 1.54) is 0 Å². The molecule has 6 nitrogen and oxygen atoms in total. The Balaban J connectivity index is 1.79. The Labute approximate surface area is 194 Å². The molecule has 0 aliphatic carbocycles. The third-order valence-corrected chi connectivity index (χ3v) is 6.09. The average molecular weight is 443 g/mol. The quantitative estimate of drug-likeness (QED) is 0.427. The molecule has 0 N–H and O–H groups in total.